The van der Waals surface area contributed by atoms with Crippen LogP contribution in [0.25, 0.3) is 10.8 Å². The maximum Gasteiger partial charge on any atom is 0.0253 e. The normalized spacial score (nSPS) is 12.1. The lowest BCUT2D eigenvalue weighted by atomic mass is 9.87. The first kappa shape index (κ1) is 18.2. The minimum Gasteiger partial charge on any atom is -0.298 e. The van der Waals surface area contributed by atoms with Crippen molar-refractivity contribution in [1.29, 1.82) is 0 Å². The van der Waals surface area contributed by atoms with Crippen LogP contribution < -0.4 is 0 Å². The molecule has 0 aliphatic heterocycles. The summed E-state index contributed by atoms with van der Waals surface area (Å²) in [5.74, 6) is 0. The van der Waals surface area contributed by atoms with Crippen molar-refractivity contribution in [2.24, 2.45) is 0 Å². The van der Waals surface area contributed by atoms with Crippen LogP contribution in [0.5, 0.6) is 0 Å². The van der Waals surface area contributed by atoms with E-state index in [0.717, 1.165) is 17.6 Å². The highest BCUT2D eigenvalue weighted by Gasteiger charge is 2.13. The number of rotatable bonds is 4. The maximum atomic E-state index is 3.66. The van der Waals surface area contributed by atoms with Crippen LogP contribution in [-0.2, 0) is 18.5 Å². The third-order valence-electron chi connectivity index (χ3n) is 4.67. The summed E-state index contributed by atoms with van der Waals surface area (Å²) < 4.78 is 1.16. The van der Waals surface area contributed by atoms with E-state index in [1.807, 2.05) is 0 Å². The highest BCUT2D eigenvalue weighted by Crippen LogP contribution is 2.28. The number of hydrogen-bond acceptors (Lipinski definition) is 1. The molecule has 3 aromatic rings. The number of hydrogen-bond donors (Lipinski definition) is 0. The van der Waals surface area contributed by atoms with Crippen LogP contribution in [0.3, 0.4) is 0 Å². The first-order valence-electron chi connectivity index (χ1n) is 8.79. The first-order valence-corrected chi connectivity index (χ1v) is 9.58. The molecule has 1 nitrogen and oxygen atoms in total. The van der Waals surface area contributed by atoms with Gasteiger partial charge in [-0.1, -0.05) is 91.3 Å². The summed E-state index contributed by atoms with van der Waals surface area (Å²) in [6, 6.07) is 22.0. The third-order valence-corrected chi connectivity index (χ3v) is 5.37. The maximum absolute atomic E-state index is 3.66. The summed E-state index contributed by atoms with van der Waals surface area (Å²) in [6.45, 7) is 8.66. The Kier molecular flexibility index (Phi) is 5.31. The van der Waals surface area contributed by atoms with Gasteiger partial charge in [0.15, 0.2) is 0 Å². The Labute approximate surface area is 159 Å². The van der Waals surface area contributed by atoms with Crippen molar-refractivity contribution in [3.8, 4) is 0 Å². The summed E-state index contributed by atoms with van der Waals surface area (Å²) in [6.07, 6.45) is 0. The van der Waals surface area contributed by atoms with Crippen LogP contribution in [-0.4, -0.2) is 11.9 Å². The van der Waals surface area contributed by atoms with Crippen molar-refractivity contribution in [1.82, 2.24) is 4.90 Å². The largest absolute Gasteiger partial charge is 0.298 e. The second-order valence-corrected chi connectivity index (χ2v) is 8.73. The van der Waals surface area contributed by atoms with Gasteiger partial charge in [-0.3, -0.25) is 4.90 Å². The van der Waals surface area contributed by atoms with Crippen molar-refractivity contribution >= 4 is 26.7 Å². The van der Waals surface area contributed by atoms with Crippen LogP contribution in [0.2, 0.25) is 0 Å². The molecule has 0 N–H and O–H groups in total. The Balaban J connectivity index is 1.75. The zero-order chi connectivity index (χ0) is 18.0. The zero-order valence-electron chi connectivity index (χ0n) is 15.5. The molecule has 0 bridgehead atoms. The molecule has 0 fully saturated rings. The summed E-state index contributed by atoms with van der Waals surface area (Å²) in [5.41, 5.74) is 4.32. The molecule has 0 heterocycles. The topological polar surface area (TPSA) is 3.24 Å². The first-order chi connectivity index (χ1) is 11.8. The average molecular weight is 396 g/mol. The van der Waals surface area contributed by atoms with Gasteiger partial charge < -0.3 is 0 Å². The standard InChI is InChI=1S/C23H26BrN/c1-23(2,3)19-12-9-17(10-13-19)15-25(4)16-18-11-14-22(24)21-8-6-5-7-20(18)21/h5-14H,15-16H2,1-4H3. The van der Waals surface area contributed by atoms with E-state index in [-0.39, 0.29) is 5.41 Å². The van der Waals surface area contributed by atoms with Gasteiger partial charge in [0.2, 0.25) is 0 Å². The summed E-state index contributed by atoms with van der Waals surface area (Å²) in [5, 5.41) is 2.61. The van der Waals surface area contributed by atoms with Gasteiger partial charge in [0, 0.05) is 17.6 Å². The molecule has 0 saturated carbocycles. The van der Waals surface area contributed by atoms with Crippen LogP contribution in [0.4, 0.5) is 0 Å². The lowest BCUT2D eigenvalue weighted by molar-refractivity contribution is 0.320. The van der Waals surface area contributed by atoms with E-state index in [0.29, 0.717) is 0 Å². The van der Waals surface area contributed by atoms with Gasteiger partial charge in [0.05, 0.1) is 0 Å². The molecule has 130 valence electrons. The summed E-state index contributed by atoms with van der Waals surface area (Å²) in [7, 11) is 2.19. The molecular weight excluding hydrogens is 370 g/mol. The van der Waals surface area contributed by atoms with Gasteiger partial charge in [0.25, 0.3) is 0 Å². The number of benzene rings is 3. The zero-order valence-corrected chi connectivity index (χ0v) is 17.1. The molecule has 3 rings (SSSR count). The molecule has 0 radical (unpaired) electrons. The highest BCUT2D eigenvalue weighted by molar-refractivity contribution is 9.10. The fourth-order valence-electron chi connectivity index (χ4n) is 3.23. The van der Waals surface area contributed by atoms with E-state index >= 15 is 0 Å². The molecular formula is C23H26BrN. The third kappa shape index (κ3) is 4.31. The number of fused-ring (bicyclic) bond motifs is 1. The van der Waals surface area contributed by atoms with Gasteiger partial charge in [-0.15, -0.1) is 0 Å². The monoisotopic (exact) mass is 395 g/mol. The second kappa shape index (κ2) is 7.31. The Morgan fingerprint density at radius 2 is 1.44 bits per heavy atom. The Morgan fingerprint density at radius 3 is 2.08 bits per heavy atom. The second-order valence-electron chi connectivity index (χ2n) is 7.87. The molecule has 0 unspecified atom stereocenters. The molecule has 0 spiro atoms. The van der Waals surface area contributed by atoms with Crippen LogP contribution in [0.15, 0.2) is 65.1 Å². The predicted octanol–water partition coefficient (Wildman–Crippen LogP) is 6.53. The molecule has 0 aliphatic rings. The van der Waals surface area contributed by atoms with Crippen LogP contribution >= 0.6 is 15.9 Å². The van der Waals surface area contributed by atoms with E-state index in [2.05, 4.69) is 109 Å². The van der Waals surface area contributed by atoms with Gasteiger partial charge in [-0.05, 0) is 46.0 Å². The van der Waals surface area contributed by atoms with E-state index in [1.165, 1.54) is 27.5 Å². The van der Waals surface area contributed by atoms with Gasteiger partial charge >= 0.3 is 0 Å². The molecule has 0 amide bonds. The van der Waals surface area contributed by atoms with Crippen molar-refractivity contribution < 1.29 is 0 Å². The minimum atomic E-state index is 0.209. The Bertz CT molecular complexity index is 859. The summed E-state index contributed by atoms with van der Waals surface area (Å²) >= 11 is 3.66. The fraction of sp³-hybridized carbons (Fsp3) is 0.304. The van der Waals surface area contributed by atoms with Crippen LogP contribution in [0, 0.1) is 0 Å². The van der Waals surface area contributed by atoms with E-state index in [1.54, 1.807) is 0 Å². The molecule has 0 atom stereocenters. The molecule has 3 aromatic carbocycles. The highest BCUT2D eigenvalue weighted by atomic mass is 79.9. The number of halogens is 1. The van der Waals surface area contributed by atoms with Gasteiger partial charge in [-0.2, -0.15) is 0 Å². The predicted molar refractivity (Wildman–Crippen MR) is 112 cm³/mol. The molecule has 2 heteroatoms. The fourth-order valence-corrected chi connectivity index (χ4v) is 3.71. The molecule has 0 aliphatic carbocycles. The molecule has 0 saturated heterocycles. The van der Waals surface area contributed by atoms with Crippen molar-refractivity contribution in [3.05, 3.63) is 81.8 Å². The van der Waals surface area contributed by atoms with Crippen molar-refractivity contribution in [2.75, 3.05) is 7.05 Å². The number of nitrogens with zero attached hydrogens (tertiary/aromatic N) is 1. The summed E-state index contributed by atoms with van der Waals surface area (Å²) in [4.78, 5) is 2.38. The lowest BCUT2D eigenvalue weighted by Gasteiger charge is -2.21. The van der Waals surface area contributed by atoms with E-state index < -0.39 is 0 Å². The molecule has 0 aromatic heterocycles. The van der Waals surface area contributed by atoms with Gasteiger partial charge in [-0.25, -0.2) is 0 Å². The quantitative estimate of drug-likeness (QED) is 0.485. The molecule has 25 heavy (non-hydrogen) atoms. The SMILES string of the molecule is CN(Cc1ccc(C(C)(C)C)cc1)Cc1ccc(Br)c2ccccc12. The Morgan fingerprint density at radius 1 is 0.800 bits per heavy atom. The van der Waals surface area contributed by atoms with Crippen molar-refractivity contribution in [2.45, 2.75) is 39.3 Å². The van der Waals surface area contributed by atoms with E-state index in [9.17, 15) is 0 Å². The average Bonchev–Trinajstić information content (AvgIpc) is 2.57. The smallest absolute Gasteiger partial charge is 0.0253 e. The van der Waals surface area contributed by atoms with Crippen molar-refractivity contribution in [3.63, 3.8) is 0 Å². The van der Waals surface area contributed by atoms with Gasteiger partial charge in [0.1, 0.15) is 0 Å². The van der Waals surface area contributed by atoms with Crippen LogP contribution in [0.1, 0.15) is 37.5 Å². The van der Waals surface area contributed by atoms with E-state index in [4.69, 9.17) is 0 Å². The Hall–Kier alpha value is -1.64. The minimum absolute atomic E-state index is 0.209. The lowest BCUT2D eigenvalue weighted by Crippen LogP contribution is -2.18.